The monoisotopic (exact) mass is 439 g/mol. The van der Waals surface area contributed by atoms with E-state index in [-0.39, 0.29) is 18.3 Å². The zero-order valence-corrected chi connectivity index (χ0v) is 18.0. The Balaban J connectivity index is 1.33. The third kappa shape index (κ3) is 5.13. The number of hydrogen-bond acceptors (Lipinski definition) is 5. The van der Waals surface area contributed by atoms with Gasteiger partial charge in [-0.3, -0.25) is 14.2 Å². The third-order valence-electron chi connectivity index (χ3n) is 4.61. The summed E-state index contributed by atoms with van der Waals surface area (Å²) >= 11 is 5.96. The Kier molecular flexibility index (Phi) is 6.03. The van der Waals surface area contributed by atoms with E-state index in [0.717, 1.165) is 17.7 Å². The fourth-order valence-corrected chi connectivity index (χ4v) is 3.25. The van der Waals surface area contributed by atoms with Crippen LogP contribution in [0.15, 0.2) is 55.2 Å². The lowest BCUT2D eigenvalue weighted by molar-refractivity contribution is 0.102. The van der Waals surface area contributed by atoms with Gasteiger partial charge in [-0.2, -0.15) is 15.3 Å². The predicted molar refractivity (Wildman–Crippen MR) is 116 cm³/mol. The molecule has 0 unspecified atom stereocenters. The number of carbonyl (C=O) groups excluding carboxylic acids is 1. The maximum atomic E-state index is 12.5. The first-order valence-corrected chi connectivity index (χ1v) is 10.2. The number of ether oxygens (including phenoxy) is 1. The Morgan fingerprint density at radius 2 is 1.97 bits per heavy atom. The largest absolute Gasteiger partial charge is 0.471 e. The number of halogens is 1. The summed E-state index contributed by atoms with van der Waals surface area (Å²) in [5.74, 6) is 0.391. The summed E-state index contributed by atoms with van der Waals surface area (Å²) in [7, 11) is 0. The average molecular weight is 440 g/mol. The first-order valence-electron chi connectivity index (χ1n) is 9.77. The second-order valence-corrected chi connectivity index (χ2v) is 7.45. The standard InChI is InChI=1S/C21H22ClN7O2/c1-3-27-11-16(9-23-27)12-29-13-18(10-24-29)25-21(30)19-6-7-28(26-19)14-31-20-5-4-17(22)8-15(20)2/h4-11,13H,3,12,14H2,1-2H3,(H,25,30). The number of hydrogen-bond donors (Lipinski definition) is 1. The molecule has 0 atom stereocenters. The minimum atomic E-state index is -0.320. The molecular weight excluding hydrogens is 418 g/mol. The number of nitrogens with one attached hydrogen (secondary N) is 1. The van der Waals surface area contributed by atoms with Crippen molar-refractivity contribution >= 4 is 23.2 Å². The van der Waals surface area contributed by atoms with Crippen LogP contribution in [0.4, 0.5) is 5.69 Å². The molecule has 160 valence electrons. The van der Waals surface area contributed by atoms with E-state index in [9.17, 15) is 4.79 Å². The molecule has 31 heavy (non-hydrogen) atoms. The topological polar surface area (TPSA) is 91.8 Å². The molecule has 4 aromatic rings. The zero-order valence-electron chi connectivity index (χ0n) is 17.2. The fraction of sp³-hybridized carbons (Fsp3) is 0.238. The molecule has 0 fully saturated rings. The van der Waals surface area contributed by atoms with Crippen LogP contribution in [0, 0.1) is 6.92 Å². The fourth-order valence-electron chi connectivity index (χ4n) is 3.02. The molecule has 0 spiro atoms. The van der Waals surface area contributed by atoms with Crippen LogP contribution >= 0.6 is 11.6 Å². The van der Waals surface area contributed by atoms with E-state index in [1.165, 1.54) is 0 Å². The van der Waals surface area contributed by atoms with Crippen molar-refractivity contribution in [2.75, 3.05) is 5.32 Å². The Hall–Kier alpha value is -3.59. The average Bonchev–Trinajstić information content (AvgIpc) is 3.49. The quantitative estimate of drug-likeness (QED) is 0.453. The second-order valence-electron chi connectivity index (χ2n) is 7.01. The number of carbonyl (C=O) groups is 1. The number of nitrogens with zero attached hydrogens (tertiary/aromatic N) is 6. The molecule has 9 nitrogen and oxygen atoms in total. The summed E-state index contributed by atoms with van der Waals surface area (Å²) in [6.07, 6.45) is 8.84. The van der Waals surface area contributed by atoms with Crippen molar-refractivity contribution in [3.8, 4) is 5.75 Å². The van der Waals surface area contributed by atoms with Crippen molar-refractivity contribution in [2.45, 2.75) is 33.7 Å². The molecule has 0 bridgehead atoms. The molecule has 0 saturated heterocycles. The molecule has 0 aliphatic rings. The lowest BCUT2D eigenvalue weighted by Gasteiger charge is -2.09. The van der Waals surface area contributed by atoms with Crippen LogP contribution in [-0.2, 0) is 19.8 Å². The number of aromatic nitrogens is 6. The smallest absolute Gasteiger partial charge is 0.276 e. The number of anilines is 1. The van der Waals surface area contributed by atoms with Gasteiger partial charge in [0.25, 0.3) is 5.91 Å². The Bertz CT molecular complexity index is 1190. The highest BCUT2D eigenvalue weighted by Crippen LogP contribution is 2.22. The molecule has 3 heterocycles. The van der Waals surface area contributed by atoms with Crippen LogP contribution in [0.2, 0.25) is 5.02 Å². The van der Waals surface area contributed by atoms with Gasteiger partial charge in [0.05, 0.1) is 24.6 Å². The van der Waals surface area contributed by atoms with E-state index >= 15 is 0 Å². The maximum Gasteiger partial charge on any atom is 0.276 e. The summed E-state index contributed by atoms with van der Waals surface area (Å²) in [5, 5.41) is 16.3. The van der Waals surface area contributed by atoms with Gasteiger partial charge in [0, 0.05) is 35.7 Å². The minimum absolute atomic E-state index is 0.180. The zero-order chi connectivity index (χ0) is 21.8. The number of amides is 1. The van der Waals surface area contributed by atoms with Crippen molar-refractivity contribution < 1.29 is 9.53 Å². The van der Waals surface area contributed by atoms with E-state index in [4.69, 9.17) is 16.3 Å². The van der Waals surface area contributed by atoms with Gasteiger partial charge in [0.15, 0.2) is 12.4 Å². The molecule has 3 aromatic heterocycles. The summed E-state index contributed by atoms with van der Waals surface area (Å²) in [5.41, 5.74) is 2.85. The Labute approximate surface area is 184 Å². The van der Waals surface area contributed by atoms with E-state index in [0.29, 0.717) is 23.0 Å². The summed E-state index contributed by atoms with van der Waals surface area (Å²) < 4.78 is 10.9. The van der Waals surface area contributed by atoms with E-state index < -0.39 is 0 Å². The van der Waals surface area contributed by atoms with Crippen LogP contribution in [-0.4, -0.2) is 35.2 Å². The van der Waals surface area contributed by atoms with Gasteiger partial charge in [-0.25, -0.2) is 4.68 Å². The Morgan fingerprint density at radius 3 is 2.74 bits per heavy atom. The van der Waals surface area contributed by atoms with Gasteiger partial charge in [0.2, 0.25) is 0 Å². The van der Waals surface area contributed by atoms with Crippen molar-refractivity contribution in [3.63, 3.8) is 0 Å². The van der Waals surface area contributed by atoms with E-state index in [1.54, 1.807) is 46.2 Å². The highest BCUT2D eigenvalue weighted by molar-refractivity contribution is 6.30. The molecule has 4 rings (SSSR count). The number of rotatable bonds is 8. The molecule has 10 heteroatoms. The third-order valence-corrected chi connectivity index (χ3v) is 4.84. The highest BCUT2D eigenvalue weighted by atomic mass is 35.5. The van der Waals surface area contributed by atoms with E-state index in [1.807, 2.05) is 37.0 Å². The van der Waals surface area contributed by atoms with Crippen molar-refractivity contribution in [1.29, 1.82) is 0 Å². The summed E-state index contributed by atoms with van der Waals surface area (Å²) in [6.45, 7) is 5.52. The van der Waals surface area contributed by atoms with Crippen LogP contribution in [0.3, 0.4) is 0 Å². The molecule has 0 aliphatic heterocycles. The molecule has 1 amide bonds. The first kappa shape index (κ1) is 20.7. The van der Waals surface area contributed by atoms with Gasteiger partial charge < -0.3 is 10.1 Å². The van der Waals surface area contributed by atoms with Crippen LogP contribution in [0.5, 0.6) is 5.75 Å². The predicted octanol–water partition coefficient (Wildman–Crippen LogP) is 3.59. The van der Waals surface area contributed by atoms with Gasteiger partial charge in [0.1, 0.15) is 5.75 Å². The van der Waals surface area contributed by atoms with Gasteiger partial charge in [-0.1, -0.05) is 11.6 Å². The van der Waals surface area contributed by atoms with Gasteiger partial charge >= 0.3 is 0 Å². The van der Waals surface area contributed by atoms with Crippen molar-refractivity contribution in [3.05, 3.63) is 77.1 Å². The summed E-state index contributed by atoms with van der Waals surface area (Å²) in [4.78, 5) is 12.5. The number of benzene rings is 1. The Morgan fingerprint density at radius 1 is 1.13 bits per heavy atom. The minimum Gasteiger partial charge on any atom is -0.471 e. The normalized spacial score (nSPS) is 10.9. The molecular formula is C21H22ClN7O2. The SMILES string of the molecule is CCn1cc(Cn2cc(NC(=O)c3ccn(COc4ccc(Cl)cc4C)n3)cn2)cn1. The van der Waals surface area contributed by atoms with Crippen LogP contribution < -0.4 is 10.1 Å². The van der Waals surface area contributed by atoms with Gasteiger partial charge in [-0.15, -0.1) is 0 Å². The second kappa shape index (κ2) is 9.05. The lowest BCUT2D eigenvalue weighted by atomic mass is 10.2. The lowest BCUT2D eigenvalue weighted by Crippen LogP contribution is -2.14. The van der Waals surface area contributed by atoms with Crippen molar-refractivity contribution in [1.82, 2.24) is 29.3 Å². The maximum absolute atomic E-state index is 12.5. The van der Waals surface area contributed by atoms with Crippen molar-refractivity contribution in [2.24, 2.45) is 0 Å². The molecule has 0 radical (unpaired) electrons. The van der Waals surface area contributed by atoms with E-state index in [2.05, 4.69) is 20.6 Å². The van der Waals surface area contributed by atoms with Crippen LogP contribution in [0.1, 0.15) is 28.5 Å². The first-order chi connectivity index (χ1) is 15.0. The number of aryl methyl sites for hydroxylation is 2. The van der Waals surface area contributed by atoms with Crippen LogP contribution in [0.25, 0.3) is 0 Å². The molecule has 0 saturated carbocycles. The molecule has 1 aromatic carbocycles. The van der Waals surface area contributed by atoms with Gasteiger partial charge in [-0.05, 0) is 43.7 Å². The highest BCUT2D eigenvalue weighted by Gasteiger charge is 2.12. The molecule has 1 N–H and O–H groups in total. The summed E-state index contributed by atoms with van der Waals surface area (Å²) in [6, 6.07) is 7.04. The molecule has 0 aliphatic carbocycles.